The van der Waals surface area contributed by atoms with Crippen LogP contribution >= 0.6 is 0 Å². The zero-order chi connectivity index (χ0) is 8.10. The zero-order valence-electron chi connectivity index (χ0n) is 6.33. The summed E-state index contributed by atoms with van der Waals surface area (Å²) in [5.41, 5.74) is 0. The lowest BCUT2D eigenvalue weighted by molar-refractivity contribution is 0.485. The van der Waals surface area contributed by atoms with Gasteiger partial charge >= 0.3 is 0 Å². The smallest absolute Gasteiger partial charge is 0.0672 e. The summed E-state index contributed by atoms with van der Waals surface area (Å²) < 4.78 is 0. The zero-order valence-corrected chi connectivity index (χ0v) is 6.33. The van der Waals surface area contributed by atoms with E-state index in [0.29, 0.717) is 12.3 Å². The SMILES string of the molecule is N#CC[C@H](C#N)[C@@H]1C=CCC1. The second kappa shape index (κ2) is 3.78. The summed E-state index contributed by atoms with van der Waals surface area (Å²) in [6.07, 6.45) is 6.62. The van der Waals surface area contributed by atoms with E-state index in [1.54, 1.807) is 0 Å². The summed E-state index contributed by atoms with van der Waals surface area (Å²) in [6, 6.07) is 4.21. The molecule has 1 aliphatic carbocycles. The van der Waals surface area contributed by atoms with Crippen LogP contribution in [-0.4, -0.2) is 0 Å². The third kappa shape index (κ3) is 1.82. The van der Waals surface area contributed by atoms with Gasteiger partial charge in [-0.25, -0.2) is 0 Å². The molecule has 56 valence electrons. The average molecular weight is 146 g/mol. The predicted molar refractivity (Wildman–Crippen MR) is 41.2 cm³/mol. The first-order valence-electron chi connectivity index (χ1n) is 3.81. The molecule has 0 unspecified atom stereocenters. The molecule has 0 saturated heterocycles. The van der Waals surface area contributed by atoms with Gasteiger partial charge in [0.05, 0.1) is 24.5 Å². The van der Waals surface area contributed by atoms with E-state index in [1.165, 1.54) is 0 Å². The molecule has 0 radical (unpaired) electrons. The van der Waals surface area contributed by atoms with Gasteiger partial charge in [0.15, 0.2) is 0 Å². The molecule has 1 aliphatic rings. The molecule has 0 bridgehead atoms. The molecule has 11 heavy (non-hydrogen) atoms. The van der Waals surface area contributed by atoms with Crippen LogP contribution in [0.15, 0.2) is 12.2 Å². The maximum atomic E-state index is 8.68. The molecule has 0 aromatic carbocycles. The van der Waals surface area contributed by atoms with E-state index in [4.69, 9.17) is 10.5 Å². The molecule has 0 aromatic heterocycles. The summed E-state index contributed by atoms with van der Waals surface area (Å²) >= 11 is 0. The van der Waals surface area contributed by atoms with Crippen LogP contribution in [0.4, 0.5) is 0 Å². The fraction of sp³-hybridized carbons (Fsp3) is 0.556. The van der Waals surface area contributed by atoms with E-state index < -0.39 is 0 Å². The largest absolute Gasteiger partial charge is 0.198 e. The summed E-state index contributed by atoms with van der Waals surface area (Å²) in [5.74, 6) is 0.249. The van der Waals surface area contributed by atoms with E-state index >= 15 is 0 Å². The highest BCUT2D eigenvalue weighted by molar-refractivity contribution is 5.06. The van der Waals surface area contributed by atoms with Crippen molar-refractivity contribution in [3.63, 3.8) is 0 Å². The van der Waals surface area contributed by atoms with E-state index in [9.17, 15) is 0 Å². The second-order valence-corrected chi connectivity index (χ2v) is 2.77. The number of hydrogen-bond donors (Lipinski definition) is 0. The Balaban J connectivity index is 2.50. The lowest BCUT2D eigenvalue weighted by Crippen LogP contribution is -2.07. The Bertz CT molecular complexity index is 229. The first-order chi connectivity index (χ1) is 5.38. The molecule has 0 heterocycles. The minimum atomic E-state index is -0.0845. The monoisotopic (exact) mass is 146 g/mol. The Kier molecular flexibility index (Phi) is 2.69. The Morgan fingerprint density at radius 2 is 2.36 bits per heavy atom. The quantitative estimate of drug-likeness (QED) is 0.559. The number of nitrogens with zero attached hydrogens (tertiary/aromatic N) is 2. The van der Waals surface area contributed by atoms with Crippen LogP contribution in [0.1, 0.15) is 19.3 Å². The molecule has 0 aromatic rings. The first kappa shape index (κ1) is 7.82. The second-order valence-electron chi connectivity index (χ2n) is 2.77. The molecule has 2 nitrogen and oxygen atoms in total. The number of allylic oxidation sites excluding steroid dienone is 2. The molecular formula is C9H10N2. The van der Waals surface area contributed by atoms with Crippen LogP contribution in [0, 0.1) is 34.5 Å². The number of hydrogen-bond acceptors (Lipinski definition) is 2. The van der Waals surface area contributed by atoms with Gasteiger partial charge in [-0.05, 0) is 18.8 Å². The maximum absolute atomic E-state index is 8.68. The van der Waals surface area contributed by atoms with Crippen molar-refractivity contribution in [1.29, 1.82) is 10.5 Å². The van der Waals surface area contributed by atoms with Crippen molar-refractivity contribution in [3.8, 4) is 12.1 Å². The standard InChI is InChI=1S/C9H10N2/c10-6-5-9(7-11)8-3-1-2-4-8/h1,3,8-9H,2,4-5H2/t8-,9-/m1/s1. The summed E-state index contributed by atoms with van der Waals surface area (Å²) in [4.78, 5) is 0. The minimum Gasteiger partial charge on any atom is -0.198 e. The Hall–Kier alpha value is -1.28. The van der Waals surface area contributed by atoms with Crippen molar-refractivity contribution >= 4 is 0 Å². The van der Waals surface area contributed by atoms with E-state index in [2.05, 4.69) is 18.2 Å². The molecule has 2 heteroatoms. The first-order valence-corrected chi connectivity index (χ1v) is 3.81. The van der Waals surface area contributed by atoms with Gasteiger partial charge in [0, 0.05) is 0 Å². The van der Waals surface area contributed by atoms with Gasteiger partial charge in [-0.1, -0.05) is 12.2 Å². The van der Waals surface area contributed by atoms with Crippen molar-refractivity contribution in [2.24, 2.45) is 11.8 Å². The maximum Gasteiger partial charge on any atom is 0.0672 e. The Morgan fingerprint density at radius 3 is 2.82 bits per heavy atom. The lowest BCUT2D eigenvalue weighted by Gasteiger charge is -2.09. The van der Waals surface area contributed by atoms with Gasteiger partial charge in [0.1, 0.15) is 0 Å². The highest BCUT2D eigenvalue weighted by atomic mass is 14.3. The van der Waals surface area contributed by atoms with Gasteiger partial charge in [0.25, 0.3) is 0 Å². The number of nitriles is 2. The van der Waals surface area contributed by atoms with Crippen LogP contribution in [-0.2, 0) is 0 Å². The summed E-state index contributed by atoms with van der Waals surface area (Å²) in [6.45, 7) is 0. The third-order valence-electron chi connectivity index (χ3n) is 2.04. The van der Waals surface area contributed by atoms with Gasteiger partial charge in [0.2, 0.25) is 0 Å². The molecule has 0 N–H and O–H groups in total. The van der Waals surface area contributed by atoms with Crippen LogP contribution in [0.3, 0.4) is 0 Å². The fourth-order valence-electron chi connectivity index (χ4n) is 1.38. The molecule has 0 spiro atoms. The summed E-state index contributed by atoms with van der Waals surface area (Å²) in [5, 5.41) is 17.1. The van der Waals surface area contributed by atoms with E-state index in [0.717, 1.165) is 12.8 Å². The Morgan fingerprint density at radius 1 is 1.55 bits per heavy atom. The van der Waals surface area contributed by atoms with Crippen LogP contribution in [0.5, 0.6) is 0 Å². The van der Waals surface area contributed by atoms with Crippen molar-refractivity contribution in [2.75, 3.05) is 0 Å². The lowest BCUT2D eigenvalue weighted by atomic mass is 9.91. The van der Waals surface area contributed by atoms with Gasteiger partial charge in [-0.15, -0.1) is 0 Å². The van der Waals surface area contributed by atoms with Gasteiger partial charge < -0.3 is 0 Å². The topological polar surface area (TPSA) is 47.6 Å². The molecule has 2 atom stereocenters. The molecule has 1 rings (SSSR count). The predicted octanol–water partition coefficient (Wildman–Crippen LogP) is 2.01. The summed E-state index contributed by atoms with van der Waals surface area (Å²) in [7, 11) is 0. The van der Waals surface area contributed by atoms with E-state index in [1.807, 2.05) is 6.07 Å². The van der Waals surface area contributed by atoms with Crippen molar-refractivity contribution in [3.05, 3.63) is 12.2 Å². The van der Waals surface area contributed by atoms with Gasteiger partial charge in [-0.2, -0.15) is 10.5 Å². The molecular weight excluding hydrogens is 136 g/mol. The molecule has 0 aliphatic heterocycles. The normalized spacial score (nSPS) is 24.0. The molecule has 0 fully saturated rings. The average Bonchev–Trinajstić information content (AvgIpc) is 2.52. The Labute approximate surface area is 66.7 Å². The third-order valence-corrected chi connectivity index (χ3v) is 2.04. The highest BCUT2D eigenvalue weighted by Crippen LogP contribution is 2.26. The van der Waals surface area contributed by atoms with Crippen LogP contribution in [0.2, 0.25) is 0 Å². The molecule has 0 saturated carbocycles. The minimum absolute atomic E-state index is 0.0845. The van der Waals surface area contributed by atoms with Crippen LogP contribution < -0.4 is 0 Å². The van der Waals surface area contributed by atoms with Crippen molar-refractivity contribution < 1.29 is 0 Å². The molecule has 0 amide bonds. The van der Waals surface area contributed by atoms with Gasteiger partial charge in [-0.3, -0.25) is 0 Å². The van der Waals surface area contributed by atoms with E-state index in [-0.39, 0.29) is 5.92 Å². The van der Waals surface area contributed by atoms with Crippen molar-refractivity contribution in [1.82, 2.24) is 0 Å². The fourth-order valence-corrected chi connectivity index (χ4v) is 1.38. The highest BCUT2D eigenvalue weighted by Gasteiger charge is 2.20. The number of rotatable bonds is 2. The van der Waals surface area contributed by atoms with Crippen molar-refractivity contribution in [2.45, 2.75) is 19.3 Å². The van der Waals surface area contributed by atoms with Crippen LogP contribution in [0.25, 0.3) is 0 Å².